The van der Waals surface area contributed by atoms with E-state index in [1.54, 1.807) is 6.92 Å². The molecule has 0 saturated carbocycles. The van der Waals surface area contributed by atoms with E-state index in [0.29, 0.717) is 5.56 Å². The van der Waals surface area contributed by atoms with Gasteiger partial charge in [-0.25, -0.2) is 23.2 Å². The first kappa shape index (κ1) is 14.9. The monoisotopic (exact) mass is 311 g/mol. The van der Waals surface area contributed by atoms with Crippen molar-refractivity contribution in [2.75, 3.05) is 6.26 Å². The molecule has 10 heteroatoms. The molecule has 2 aromatic rings. The van der Waals surface area contributed by atoms with Gasteiger partial charge in [0.1, 0.15) is 0 Å². The van der Waals surface area contributed by atoms with Crippen molar-refractivity contribution in [3.8, 4) is 5.75 Å². The van der Waals surface area contributed by atoms with E-state index in [0.717, 1.165) is 6.26 Å². The summed E-state index contributed by atoms with van der Waals surface area (Å²) in [6.45, 7) is 1.81. The van der Waals surface area contributed by atoms with Crippen LogP contribution < -0.4 is 10.5 Å². The highest BCUT2D eigenvalue weighted by Crippen LogP contribution is 2.19. The molecule has 2 aromatic heterocycles. The normalized spacial score (nSPS) is 12.9. The SMILES string of the molecule is CC(c1cnc(S(C)(=O)=O)nc1)n1cc(OC(N)=O)cn1. The van der Waals surface area contributed by atoms with Gasteiger partial charge in [-0.2, -0.15) is 5.10 Å². The first-order valence-corrected chi connectivity index (χ1v) is 7.70. The fraction of sp³-hybridized carbons (Fsp3) is 0.273. The Balaban J connectivity index is 2.21. The molecule has 0 radical (unpaired) electrons. The van der Waals surface area contributed by atoms with Gasteiger partial charge >= 0.3 is 6.09 Å². The molecule has 0 spiro atoms. The molecule has 1 atom stereocenters. The van der Waals surface area contributed by atoms with Crippen molar-refractivity contribution >= 4 is 15.9 Å². The zero-order valence-electron chi connectivity index (χ0n) is 11.3. The van der Waals surface area contributed by atoms with Gasteiger partial charge in [-0.3, -0.25) is 4.68 Å². The smallest absolute Gasteiger partial charge is 0.407 e. The van der Waals surface area contributed by atoms with E-state index in [1.807, 2.05) is 0 Å². The molecule has 0 aliphatic heterocycles. The van der Waals surface area contributed by atoms with Gasteiger partial charge < -0.3 is 10.5 Å². The lowest BCUT2D eigenvalue weighted by atomic mass is 10.2. The highest BCUT2D eigenvalue weighted by molar-refractivity contribution is 7.90. The highest BCUT2D eigenvalue weighted by atomic mass is 32.2. The van der Waals surface area contributed by atoms with Crippen LogP contribution in [0.15, 0.2) is 29.9 Å². The molecule has 21 heavy (non-hydrogen) atoms. The molecule has 0 aliphatic rings. The highest BCUT2D eigenvalue weighted by Gasteiger charge is 2.15. The minimum absolute atomic E-state index is 0.211. The summed E-state index contributed by atoms with van der Waals surface area (Å²) >= 11 is 0. The second kappa shape index (κ2) is 5.48. The average Bonchev–Trinajstić information content (AvgIpc) is 2.84. The van der Waals surface area contributed by atoms with Crippen molar-refractivity contribution in [2.24, 2.45) is 5.73 Å². The number of primary amides is 1. The molecule has 2 N–H and O–H groups in total. The Morgan fingerprint density at radius 3 is 2.48 bits per heavy atom. The van der Waals surface area contributed by atoms with Gasteiger partial charge in [-0.05, 0) is 6.92 Å². The number of ether oxygens (including phenoxy) is 1. The van der Waals surface area contributed by atoms with Gasteiger partial charge in [0.25, 0.3) is 0 Å². The number of nitrogens with zero attached hydrogens (tertiary/aromatic N) is 4. The van der Waals surface area contributed by atoms with Crippen molar-refractivity contribution in [1.82, 2.24) is 19.7 Å². The number of amides is 1. The molecule has 9 nitrogen and oxygen atoms in total. The third-order valence-electron chi connectivity index (χ3n) is 2.66. The fourth-order valence-electron chi connectivity index (χ4n) is 1.59. The van der Waals surface area contributed by atoms with E-state index in [2.05, 4.69) is 19.8 Å². The molecule has 0 fully saturated rings. The zero-order valence-corrected chi connectivity index (χ0v) is 12.1. The Hall–Kier alpha value is -2.49. The molecule has 112 valence electrons. The molecule has 0 aromatic carbocycles. The van der Waals surface area contributed by atoms with Crippen molar-refractivity contribution in [1.29, 1.82) is 0 Å². The largest absolute Gasteiger partial charge is 0.410 e. The van der Waals surface area contributed by atoms with Gasteiger partial charge in [-0.1, -0.05) is 0 Å². The number of hydrogen-bond donors (Lipinski definition) is 1. The van der Waals surface area contributed by atoms with Crippen LogP contribution in [0.1, 0.15) is 18.5 Å². The van der Waals surface area contributed by atoms with Crippen LogP contribution in [0, 0.1) is 0 Å². The van der Waals surface area contributed by atoms with Crippen molar-refractivity contribution in [2.45, 2.75) is 18.1 Å². The van der Waals surface area contributed by atoms with E-state index in [1.165, 1.54) is 29.5 Å². The van der Waals surface area contributed by atoms with Crippen molar-refractivity contribution in [3.63, 3.8) is 0 Å². The van der Waals surface area contributed by atoms with Gasteiger partial charge in [0.15, 0.2) is 5.75 Å². The van der Waals surface area contributed by atoms with Gasteiger partial charge in [0, 0.05) is 24.2 Å². The van der Waals surface area contributed by atoms with E-state index in [4.69, 9.17) is 5.73 Å². The van der Waals surface area contributed by atoms with Crippen LogP contribution in [0.5, 0.6) is 5.75 Å². The zero-order chi connectivity index (χ0) is 15.6. The quantitative estimate of drug-likeness (QED) is 0.795. The minimum atomic E-state index is -3.44. The number of aromatic nitrogens is 4. The molecule has 1 amide bonds. The first-order valence-electron chi connectivity index (χ1n) is 5.81. The Morgan fingerprint density at radius 2 is 1.95 bits per heavy atom. The van der Waals surface area contributed by atoms with Gasteiger partial charge in [0.05, 0.1) is 18.4 Å². The predicted octanol–water partition coefficient (Wildman–Crippen LogP) is 0.143. The van der Waals surface area contributed by atoms with Crippen molar-refractivity contribution in [3.05, 3.63) is 30.4 Å². The van der Waals surface area contributed by atoms with E-state index >= 15 is 0 Å². The number of hydrogen-bond acceptors (Lipinski definition) is 7. The Labute approximate surface area is 120 Å². The van der Waals surface area contributed by atoms with Gasteiger partial charge in [0.2, 0.25) is 15.0 Å². The fourth-order valence-corrected chi connectivity index (χ4v) is 2.08. The molecule has 2 heterocycles. The number of rotatable bonds is 4. The summed E-state index contributed by atoms with van der Waals surface area (Å²) in [5, 5.41) is 3.79. The molecular weight excluding hydrogens is 298 g/mol. The van der Waals surface area contributed by atoms with Crippen LogP contribution in [-0.4, -0.2) is 40.5 Å². The topological polar surface area (TPSA) is 130 Å². The summed E-state index contributed by atoms with van der Waals surface area (Å²) < 4.78 is 28.8. The summed E-state index contributed by atoms with van der Waals surface area (Å²) in [5.74, 6) is 0.211. The summed E-state index contributed by atoms with van der Waals surface area (Å²) in [7, 11) is -3.44. The van der Waals surface area contributed by atoms with Crippen LogP contribution in [0.25, 0.3) is 0 Å². The van der Waals surface area contributed by atoms with E-state index in [9.17, 15) is 13.2 Å². The van der Waals surface area contributed by atoms with Gasteiger partial charge in [-0.15, -0.1) is 0 Å². The van der Waals surface area contributed by atoms with Crippen LogP contribution in [0.2, 0.25) is 0 Å². The minimum Gasteiger partial charge on any atom is -0.407 e. The van der Waals surface area contributed by atoms with Crippen LogP contribution in [-0.2, 0) is 9.84 Å². The summed E-state index contributed by atoms with van der Waals surface area (Å²) in [4.78, 5) is 18.2. The number of carbonyl (C=O) groups excluding carboxylic acids is 1. The Morgan fingerprint density at radius 1 is 1.33 bits per heavy atom. The van der Waals surface area contributed by atoms with Crippen LogP contribution >= 0.6 is 0 Å². The first-order chi connectivity index (χ1) is 9.77. The number of carbonyl (C=O) groups is 1. The summed E-state index contributed by atoms with van der Waals surface area (Å²) in [5.41, 5.74) is 5.55. The lowest BCUT2D eigenvalue weighted by Crippen LogP contribution is -2.16. The summed E-state index contributed by atoms with van der Waals surface area (Å²) in [6, 6.07) is -0.274. The van der Waals surface area contributed by atoms with Crippen molar-refractivity contribution < 1.29 is 17.9 Å². The lowest BCUT2D eigenvalue weighted by Gasteiger charge is -2.11. The van der Waals surface area contributed by atoms with E-state index < -0.39 is 15.9 Å². The molecule has 0 bridgehead atoms. The number of nitrogens with two attached hydrogens (primary N) is 1. The second-order valence-electron chi connectivity index (χ2n) is 4.32. The predicted molar refractivity (Wildman–Crippen MR) is 71.4 cm³/mol. The maximum Gasteiger partial charge on any atom is 0.410 e. The summed E-state index contributed by atoms with van der Waals surface area (Å²) in [6.07, 6.45) is 5.75. The second-order valence-corrected chi connectivity index (χ2v) is 6.23. The van der Waals surface area contributed by atoms with Crippen LogP contribution in [0.3, 0.4) is 0 Å². The number of sulfone groups is 1. The maximum atomic E-state index is 11.3. The maximum absolute atomic E-state index is 11.3. The van der Waals surface area contributed by atoms with E-state index in [-0.39, 0.29) is 16.9 Å². The van der Waals surface area contributed by atoms with Crippen LogP contribution in [0.4, 0.5) is 4.79 Å². The lowest BCUT2D eigenvalue weighted by molar-refractivity contribution is 0.211. The molecule has 1 unspecified atom stereocenters. The average molecular weight is 311 g/mol. The Bertz CT molecular complexity index is 753. The molecule has 0 saturated heterocycles. The molecule has 2 rings (SSSR count). The standard InChI is InChI=1S/C11H13N5O4S/c1-7(16-6-9(5-15-16)20-10(12)17)8-3-13-11(14-4-8)21(2,18)19/h3-7H,1-2H3,(H2,12,17). The third kappa shape index (κ3) is 3.54. The molecular formula is C11H13N5O4S. The molecule has 0 aliphatic carbocycles. The Kier molecular flexibility index (Phi) is 3.89. The third-order valence-corrected chi connectivity index (χ3v) is 3.53.